The minimum atomic E-state index is 0.404. The molecule has 0 fully saturated rings. The summed E-state index contributed by atoms with van der Waals surface area (Å²) in [5.74, 6) is 2.05. The molecule has 2 rings (SSSR count). The van der Waals surface area contributed by atoms with Crippen LogP contribution in [-0.4, -0.2) is 6.54 Å². The summed E-state index contributed by atoms with van der Waals surface area (Å²) in [7, 11) is 0. The molecule has 0 saturated heterocycles. The third-order valence-electron chi connectivity index (χ3n) is 3.71. The van der Waals surface area contributed by atoms with Gasteiger partial charge in [-0.05, 0) is 51.3 Å². The monoisotopic (exact) mass is 271 g/mol. The smallest absolute Gasteiger partial charge is 0.105 e. The second kappa shape index (κ2) is 7.30. The highest BCUT2D eigenvalue weighted by molar-refractivity contribution is 5.24. The van der Waals surface area contributed by atoms with E-state index in [0.29, 0.717) is 6.04 Å². The van der Waals surface area contributed by atoms with Crippen LogP contribution in [0.25, 0.3) is 0 Å². The van der Waals surface area contributed by atoms with Crippen LogP contribution in [0.2, 0.25) is 0 Å². The van der Waals surface area contributed by atoms with Gasteiger partial charge in [0.15, 0.2) is 0 Å². The lowest BCUT2D eigenvalue weighted by Gasteiger charge is -2.17. The average molecular weight is 271 g/mol. The number of hydrogen-bond donors (Lipinski definition) is 1. The Morgan fingerprint density at radius 1 is 1.15 bits per heavy atom. The Morgan fingerprint density at radius 3 is 2.50 bits per heavy atom. The Bertz CT molecular complexity index is 515. The summed E-state index contributed by atoms with van der Waals surface area (Å²) >= 11 is 0. The molecular formula is C18H25NO. The molecule has 2 aromatic rings. The van der Waals surface area contributed by atoms with E-state index in [9.17, 15) is 0 Å². The van der Waals surface area contributed by atoms with Crippen molar-refractivity contribution < 1.29 is 4.42 Å². The summed E-state index contributed by atoms with van der Waals surface area (Å²) in [6.07, 6.45) is 3.46. The molecule has 2 heteroatoms. The summed E-state index contributed by atoms with van der Waals surface area (Å²) < 4.78 is 5.67. The van der Waals surface area contributed by atoms with Crippen LogP contribution in [0.15, 0.2) is 40.8 Å². The first-order valence-electron chi connectivity index (χ1n) is 7.55. The molecule has 108 valence electrons. The molecule has 0 spiro atoms. The van der Waals surface area contributed by atoms with Crippen molar-refractivity contribution in [1.29, 1.82) is 0 Å². The maximum absolute atomic E-state index is 5.67. The quantitative estimate of drug-likeness (QED) is 0.798. The molecule has 0 aliphatic carbocycles. The third-order valence-corrected chi connectivity index (χ3v) is 3.71. The van der Waals surface area contributed by atoms with Crippen LogP contribution < -0.4 is 5.32 Å². The van der Waals surface area contributed by atoms with Gasteiger partial charge in [-0.1, -0.05) is 37.3 Å². The Labute approximate surface area is 122 Å². The number of aryl methyl sites for hydroxylation is 3. The van der Waals surface area contributed by atoms with Gasteiger partial charge in [-0.25, -0.2) is 0 Å². The van der Waals surface area contributed by atoms with Gasteiger partial charge in [0.1, 0.15) is 11.5 Å². The summed E-state index contributed by atoms with van der Waals surface area (Å²) in [5, 5.41) is 3.58. The van der Waals surface area contributed by atoms with Crippen molar-refractivity contribution in [2.75, 3.05) is 6.54 Å². The van der Waals surface area contributed by atoms with Gasteiger partial charge in [0, 0.05) is 11.6 Å². The number of rotatable bonds is 7. The predicted molar refractivity (Wildman–Crippen MR) is 84.0 cm³/mol. The number of benzene rings is 1. The lowest BCUT2D eigenvalue weighted by molar-refractivity contribution is 0.467. The van der Waals surface area contributed by atoms with E-state index in [1.807, 2.05) is 6.92 Å². The molecule has 1 unspecified atom stereocenters. The maximum atomic E-state index is 5.67. The zero-order valence-corrected chi connectivity index (χ0v) is 12.8. The SMILES string of the molecule is CCNC(CCCc1ccccc1)c1cc(C)oc1C. The van der Waals surface area contributed by atoms with Crippen molar-refractivity contribution in [2.45, 2.75) is 46.1 Å². The average Bonchev–Trinajstić information content (AvgIpc) is 2.78. The Balaban J connectivity index is 1.94. The lowest BCUT2D eigenvalue weighted by atomic mass is 9.99. The fourth-order valence-electron chi connectivity index (χ4n) is 2.77. The third kappa shape index (κ3) is 3.97. The van der Waals surface area contributed by atoms with E-state index in [4.69, 9.17) is 4.42 Å². The van der Waals surface area contributed by atoms with Gasteiger partial charge < -0.3 is 9.73 Å². The highest BCUT2D eigenvalue weighted by atomic mass is 16.3. The predicted octanol–water partition coefficient (Wildman–Crippen LogP) is 4.57. The number of hydrogen-bond acceptors (Lipinski definition) is 2. The molecule has 1 atom stereocenters. The van der Waals surface area contributed by atoms with E-state index in [2.05, 4.69) is 55.6 Å². The lowest BCUT2D eigenvalue weighted by Crippen LogP contribution is -2.21. The fourth-order valence-corrected chi connectivity index (χ4v) is 2.77. The van der Waals surface area contributed by atoms with Crippen molar-refractivity contribution in [2.24, 2.45) is 0 Å². The fraction of sp³-hybridized carbons (Fsp3) is 0.444. The van der Waals surface area contributed by atoms with Crippen LogP contribution in [0.4, 0.5) is 0 Å². The van der Waals surface area contributed by atoms with Gasteiger partial charge in [-0.3, -0.25) is 0 Å². The van der Waals surface area contributed by atoms with Gasteiger partial charge in [-0.2, -0.15) is 0 Å². The van der Waals surface area contributed by atoms with Gasteiger partial charge in [-0.15, -0.1) is 0 Å². The topological polar surface area (TPSA) is 25.2 Å². The van der Waals surface area contributed by atoms with Crippen molar-refractivity contribution >= 4 is 0 Å². The molecule has 0 saturated carbocycles. The van der Waals surface area contributed by atoms with Crippen LogP contribution in [0.5, 0.6) is 0 Å². The van der Waals surface area contributed by atoms with E-state index in [0.717, 1.165) is 30.9 Å². The van der Waals surface area contributed by atoms with Crippen LogP contribution in [-0.2, 0) is 6.42 Å². The maximum Gasteiger partial charge on any atom is 0.105 e. The van der Waals surface area contributed by atoms with Gasteiger partial charge >= 0.3 is 0 Å². The van der Waals surface area contributed by atoms with Gasteiger partial charge in [0.2, 0.25) is 0 Å². The van der Waals surface area contributed by atoms with Gasteiger partial charge in [0.05, 0.1) is 0 Å². The first-order chi connectivity index (χ1) is 9.70. The molecule has 0 aliphatic heterocycles. The van der Waals surface area contributed by atoms with E-state index in [-0.39, 0.29) is 0 Å². The van der Waals surface area contributed by atoms with E-state index >= 15 is 0 Å². The molecule has 1 aromatic heterocycles. The second-order valence-corrected chi connectivity index (χ2v) is 5.36. The van der Waals surface area contributed by atoms with Crippen LogP contribution in [0.3, 0.4) is 0 Å². The number of nitrogens with one attached hydrogen (secondary N) is 1. The molecule has 20 heavy (non-hydrogen) atoms. The minimum Gasteiger partial charge on any atom is -0.466 e. The zero-order valence-electron chi connectivity index (χ0n) is 12.8. The summed E-state index contributed by atoms with van der Waals surface area (Å²) in [6, 6.07) is 13.3. The molecular weight excluding hydrogens is 246 g/mol. The Kier molecular flexibility index (Phi) is 5.42. The van der Waals surface area contributed by atoms with E-state index in [1.165, 1.54) is 17.5 Å². The molecule has 0 aliphatic rings. The molecule has 1 N–H and O–H groups in total. The van der Waals surface area contributed by atoms with Crippen molar-refractivity contribution in [3.05, 3.63) is 59.0 Å². The normalized spacial score (nSPS) is 12.6. The molecule has 0 radical (unpaired) electrons. The molecule has 0 bridgehead atoms. The Hall–Kier alpha value is -1.54. The first kappa shape index (κ1) is 14.9. The largest absolute Gasteiger partial charge is 0.466 e. The van der Waals surface area contributed by atoms with Crippen LogP contribution >= 0.6 is 0 Å². The highest BCUT2D eigenvalue weighted by Gasteiger charge is 2.15. The van der Waals surface area contributed by atoms with Crippen LogP contribution in [0.1, 0.15) is 48.5 Å². The first-order valence-corrected chi connectivity index (χ1v) is 7.55. The van der Waals surface area contributed by atoms with E-state index in [1.54, 1.807) is 0 Å². The van der Waals surface area contributed by atoms with Crippen molar-refractivity contribution in [1.82, 2.24) is 5.32 Å². The van der Waals surface area contributed by atoms with E-state index < -0.39 is 0 Å². The Morgan fingerprint density at radius 2 is 1.90 bits per heavy atom. The zero-order chi connectivity index (χ0) is 14.4. The van der Waals surface area contributed by atoms with Gasteiger partial charge in [0.25, 0.3) is 0 Å². The molecule has 0 amide bonds. The standard InChI is InChI=1S/C18H25NO/c1-4-19-18(17-13-14(2)20-15(17)3)12-8-11-16-9-6-5-7-10-16/h5-7,9-10,13,18-19H,4,8,11-12H2,1-3H3. The highest BCUT2D eigenvalue weighted by Crippen LogP contribution is 2.25. The second-order valence-electron chi connectivity index (χ2n) is 5.36. The van der Waals surface area contributed by atoms with Crippen molar-refractivity contribution in [3.8, 4) is 0 Å². The summed E-state index contributed by atoms with van der Waals surface area (Å²) in [5.41, 5.74) is 2.74. The van der Waals surface area contributed by atoms with Crippen LogP contribution in [0, 0.1) is 13.8 Å². The molecule has 2 nitrogen and oxygen atoms in total. The minimum absolute atomic E-state index is 0.404. The molecule has 1 heterocycles. The molecule has 1 aromatic carbocycles. The van der Waals surface area contributed by atoms with Crippen molar-refractivity contribution in [3.63, 3.8) is 0 Å². The summed E-state index contributed by atoms with van der Waals surface area (Å²) in [4.78, 5) is 0. The number of furan rings is 1. The summed E-state index contributed by atoms with van der Waals surface area (Å²) in [6.45, 7) is 7.22.